The molecule has 1 aromatic heterocycles. The van der Waals surface area contributed by atoms with Crippen molar-refractivity contribution < 1.29 is 4.79 Å². The van der Waals surface area contributed by atoms with Crippen LogP contribution in [-0.2, 0) is 11.3 Å². The van der Waals surface area contributed by atoms with E-state index in [9.17, 15) is 4.79 Å². The molecule has 0 aliphatic rings. The van der Waals surface area contributed by atoms with E-state index in [4.69, 9.17) is 5.73 Å². The summed E-state index contributed by atoms with van der Waals surface area (Å²) in [5, 5.41) is 3.92. The summed E-state index contributed by atoms with van der Waals surface area (Å²) in [6.45, 7) is 2.88. The zero-order chi connectivity index (χ0) is 9.84. The maximum Gasteiger partial charge on any atom is 0.244 e. The number of hydrogen-bond acceptors (Lipinski definition) is 3. The molecule has 72 valence electrons. The number of nitrogens with zero attached hydrogens (tertiary/aromatic N) is 3. The van der Waals surface area contributed by atoms with E-state index in [1.54, 1.807) is 18.1 Å². The fourth-order valence-electron chi connectivity index (χ4n) is 0.902. The normalized spacial score (nSPS) is 10.0. The topological polar surface area (TPSA) is 64.2 Å². The number of rotatable bonds is 3. The Balaban J connectivity index is 2.54. The van der Waals surface area contributed by atoms with Crippen molar-refractivity contribution >= 4 is 11.6 Å². The van der Waals surface area contributed by atoms with Gasteiger partial charge in [0.05, 0.1) is 11.9 Å². The Morgan fingerprint density at radius 2 is 2.46 bits per heavy atom. The van der Waals surface area contributed by atoms with Crippen LogP contribution in [0.4, 0.5) is 5.69 Å². The maximum absolute atomic E-state index is 11.4. The minimum Gasteiger partial charge on any atom is -0.396 e. The first kappa shape index (κ1) is 9.57. The Bertz CT molecular complexity index is 294. The molecule has 0 fully saturated rings. The largest absolute Gasteiger partial charge is 0.396 e. The second-order valence-electron chi connectivity index (χ2n) is 2.88. The summed E-state index contributed by atoms with van der Waals surface area (Å²) in [7, 11) is 1.76. The molecule has 0 bridgehead atoms. The van der Waals surface area contributed by atoms with Crippen LogP contribution in [0.25, 0.3) is 0 Å². The molecule has 1 amide bonds. The number of amides is 1. The lowest BCUT2D eigenvalue weighted by atomic mass is 10.5. The maximum atomic E-state index is 11.4. The monoisotopic (exact) mass is 182 g/mol. The fourth-order valence-corrected chi connectivity index (χ4v) is 0.902. The van der Waals surface area contributed by atoms with Crippen LogP contribution in [0.2, 0.25) is 0 Å². The summed E-state index contributed by atoms with van der Waals surface area (Å²) < 4.78 is 1.53. The molecule has 5 nitrogen and oxygen atoms in total. The molecular weight excluding hydrogens is 168 g/mol. The van der Waals surface area contributed by atoms with Crippen molar-refractivity contribution in [2.24, 2.45) is 0 Å². The van der Waals surface area contributed by atoms with Gasteiger partial charge >= 0.3 is 0 Å². The Morgan fingerprint density at radius 1 is 1.77 bits per heavy atom. The zero-order valence-electron chi connectivity index (χ0n) is 7.90. The van der Waals surface area contributed by atoms with Gasteiger partial charge in [0.1, 0.15) is 6.54 Å². The molecule has 0 saturated heterocycles. The van der Waals surface area contributed by atoms with Crippen LogP contribution in [0, 0.1) is 0 Å². The van der Waals surface area contributed by atoms with Crippen molar-refractivity contribution in [2.45, 2.75) is 13.5 Å². The van der Waals surface area contributed by atoms with E-state index >= 15 is 0 Å². The van der Waals surface area contributed by atoms with Crippen LogP contribution >= 0.6 is 0 Å². The van der Waals surface area contributed by atoms with Gasteiger partial charge in [-0.25, -0.2) is 0 Å². The highest BCUT2D eigenvalue weighted by atomic mass is 16.2. The van der Waals surface area contributed by atoms with E-state index in [-0.39, 0.29) is 12.5 Å². The van der Waals surface area contributed by atoms with Crippen molar-refractivity contribution in [3.05, 3.63) is 12.4 Å². The third kappa shape index (κ3) is 2.47. The molecule has 0 spiro atoms. The third-order valence-electron chi connectivity index (χ3n) is 1.85. The highest BCUT2D eigenvalue weighted by Gasteiger charge is 2.07. The SMILES string of the molecule is CCN(C)C(=O)Cn1cc(N)cn1. The average molecular weight is 182 g/mol. The van der Waals surface area contributed by atoms with Crippen molar-refractivity contribution in [1.29, 1.82) is 0 Å². The van der Waals surface area contributed by atoms with Crippen LogP contribution in [0.1, 0.15) is 6.92 Å². The van der Waals surface area contributed by atoms with Gasteiger partial charge in [-0.05, 0) is 6.92 Å². The van der Waals surface area contributed by atoms with Crippen molar-refractivity contribution in [3.63, 3.8) is 0 Å². The van der Waals surface area contributed by atoms with Crippen LogP contribution in [-0.4, -0.2) is 34.2 Å². The van der Waals surface area contributed by atoms with E-state index in [2.05, 4.69) is 5.10 Å². The minimum absolute atomic E-state index is 0.0330. The summed E-state index contributed by atoms with van der Waals surface area (Å²) in [5.41, 5.74) is 6.03. The number of carbonyl (C=O) groups is 1. The van der Waals surface area contributed by atoms with Gasteiger partial charge in [0.25, 0.3) is 0 Å². The number of hydrogen-bond donors (Lipinski definition) is 1. The number of aromatic nitrogens is 2. The number of anilines is 1. The molecule has 0 aliphatic heterocycles. The molecule has 13 heavy (non-hydrogen) atoms. The molecule has 0 unspecified atom stereocenters. The van der Waals surface area contributed by atoms with Gasteiger partial charge in [0.2, 0.25) is 5.91 Å². The Hall–Kier alpha value is -1.52. The smallest absolute Gasteiger partial charge is 0.244 e. The highest BCUT2D eigenvalue weighted by molar-refractivity contribution is 5.75. The predicted molar refractivity (Wildman–Crippen MR) is 50.0 cm³/mol. The minimum atomic E-state index is 0.0330. The van der Waals surface area contributed by atoms with Crippen LogP contribution in [0.5, 0.6) is 0 Å². The summed E-state index contributed by atoms with van der Waals surface area (Å²) in [6, 6.07) is 0. The molecule has 0 aliphatic carbocycles. The number of nitrogens with two attached hydrogens (primary N) is 1. The van der Waals surface area contributed by atoms with Gasteiger partial charge in [-0.15, -0.1) is 0 Å². The average Bonchev–Trinajstić information content (AvgIpc) is 2.49. The van der Waals surface area contributed by atoms with Gasteiger partial charge < -0.3 is 10.6 Å². The molecular formula is C8H14N4O. The van der Waals surface area contributed by atoms with E-state index in [0.29, 0.717) is 12.2 Å². The summed E-state index contributed by atoms with van der Waals surface area (Å²) in [5.74, 6) is 0.0330. The number of nitrogen functional groups attached to an aromatic ring is 1. The molecule has 0 atom stereocenters. The molecule has 5 heteroatoms. The van der Waals surface area contributed by atoms with Gasteiger partial charge in [-0.3, -0.25) is 9.48 Å². The van der Waals surface area contributed by atoms with Crippen LogP contribution < -0.4 is 5.73 Å². The van der Waals surface area contributed by atoms with Gasteiger partial charge in [0.15, 0.2) is 0 Å². The fraction of sp³-hybridized carbons (Fsp3) is 0.500. The zero-order valence-corrected chi connectivity index (χ0v) is 7.90. The first-order valence-corrected chi connectivity index (χ1v) is 4.15. The molecule has 0 saturated carbocycles. The summed E-state index contributed by atoms with van der Waals surface area (Å²) >= 11 is 0. The number of carbonyl (C=O) groups excluding carboxylic acids is 1. The summed E-state index contributed by atoms with van der Waals surface area (Å²) in [4.78, 5) is 13.0. The second-order valence-corrected chi connectivity index (χ2v) is 2.88. The lowest BCUT2D eigenvalue weighted by Gasteiger charge is -2.13. The van der Waals surface area contributed by atoms with Crippen LogP contribution in [0.3, 0.4) is 0 Å². The molecule has 1 rings (SSSR count). The van der Waals surface area contributed by atoms with Gasteiger partial charge in [-0.2, -0.15) is 5.10 Å². The molecule has 0 radical (unpaired) electrons. The third-order valence-corrected chi connectivity index (χ3v) is 1.85. The molecule has 0 aromatic carbocycles. The summed E-state index contributed by atoms with van der Waals surface area (Å²) in [6.07, 6.45) is 3.17. The van der Waals surface area contributed by atoms with E-state index in [1.165, 1.54) is 10.9 Å². The Kier molecular flexibility index (Phi) is 2.89. The number of likely N-dealkylation sites (N-methyl/N-ethyl adjacent to an activating group) is 1. The van der Waals surface area contributed by atoms with E-state index in [0.717, 1.165) is 0 Å². The van der Waals surface area contributed by atoms with Crippen LogP contribution in [0.15, 0.2) is 12.4 Å². The van der Waals surface area contributed by atoms with E-state index < -0.39 is 0 Å². The van der Waals surface area contributed by atoms with Crippen molar-refractivity contribution in [2.75, 3.05) is 19.3 Å². The molecule has 2 N–H and O–H groups in total. The molecule has 1 aromatic rings. The standard InChI is InChI=1S/C8H14N4O/c1-3-11(2)8(13)6-12-5-7(9)4-10-12/h4-5H,3,6,9H2,1-2H3. The second kappa shape index (κ2) is 3.93. The Morgan fingerprint density at radius 3 is 2.92 bits per heavy atom. The first-order valence-electron chi connectivity index (χ1n) is 4.15. The lowest BCUT2D eigenvalue weighted by Crippen LogP contribution is -2.29. The predicted octanol–water partition coefficient (Wildman–Crippen LogP) is -0.0564. The quantitative estimate of drug-likeness (QED) is 0.712. The highest BCUT2D eigenvalue weighted by Crippen LogP contribution is 1.98. The lowest BCUT2D eigenvalue weighted by molar-refractivity contribution is -0.130. The first-order chi connectivity index (χ1) is 6.13. The van der Waals surface area contributed by atoms with Crippen molar-refractivity contribution in [3.8, 4) is 0 Å². The van der Waals surface area contributed by atoms with E-state index in [1.807, 2.05) is 6.92 Å². The van der Waals surface area contributed by atoms with Crippen molar-refractivity contribution in [1.82, 2.24) is 14.7 Å². The Labute approximate surface area is 77.1 Å². The van der Waals surface area contributed by atoms with Gasteiger partial charge in [-0.1, -0.05) is 0 Å². The van der Waals surface area contributed by atoms with Gasteiger partial charge in [0, 0.05) is 19.8 Å². The molecule has 1 heterocycles.